The Balaban J connectivity index is 2.25. The molecule has 0 aliphatic carbocycles. The van der Waals surface area contributed by atoms with Gasteiger partial charge in [0.15, 0.2) is 0 Å². The number of hydrogen-bond acceptors (Lipinski definition) is 5. The van der Waals surface area contributed by atoms with Crippen molar-refractivity contribution in [1.29, 1.82) is 0 Å². The molecule has 8 nitrogen and oxygen atoms in total. The third-order valence-corrected chi connectivity index (χ3v) is 3.36. The van der Waals surface area contributed by atoms with Crippen LogP contribution in [0, 0.1) is 15.9 Å². The van der Waals surface area contributed by atoms with Gasteiger partial charge < -0.3 is 0 Å². The van der Waals surface area contributed by atoms with Gasteiger partial charge in [-0.3, -0.25) is 14.8 Å². The van der Waals surface area contributed by atoms with E-state index in [0.717, 1.165) is 18.3 Å². The molecule has 0 aliphatic heterocycles. The summed E-state index contributed by atoms with van der Waals surface area (Å²) in [4.78, 5) is 9.48. The minimum Gasteiger partial charge on any atom is -0.267 e. The fraction of sp³-hybridized carbons (Fsp3) is 0.100. The average Bonchev–Trinajstić information content (AvgIpc) is 2.76. The summed E-state index contributed by atoms with van der Waals surface area (Å²) in [5.74, 6) is -0.966. The molecule has 2 rings (SSSR count). The normalized spacial score (nSPS) is 11.5. The van der Waals surface area contributed by atoms with Crippen LogP contribution in [-0.4, -0.2) is 23.1 Å². The zero-order valence-electron chi connectivity index (χ0n) is 9.93. The Bertz CT molecular complexity index is 771. The molecular weight excluding hydrogens is 291 g/mol. The highest BCUT2D eigenvalue weighted by Crippen LogP contribution is 2.18. The summed E-state index contributed by atoms with van der Waals surface area (Å²) in [6, 6.07) is 3.39. The van der Waals surface area contributed by atoms with Gasteiger partial charge in [-0.1, -0.05) is 6.07 Å². The van der Waals surface area contributed by atoms with Crippen molar-refractivity contribution in [3.63, 3.8) is 0 Å². The smallest absolute Gasteiger partial charge is 0.267 e. The van der Waals surface area contributed by atoms with Crippen LogP contribution in [0.3, 0.4) is 0 Å². The molecule has 0 radical (unpaired) electrons. The van der Waals surface area contributed by atoms with E-state index in [-0.39, 0.29) is 11.4 Å². The molecule has 106 valence electrons. The molecule has 0 unspecified atom stereocenters. The Hall–Kier alpha value is -2.33. The molecular formula is C10H9FN4O4S. The van der Waals surface area contributed by atoms with Gasteiger partial charge in [-0.2, -0.15) is 9.49 Å². The van der Waals surface area contributed by atoms with E-state index >= 15 is 0 Å². The van der Waals surface area contributed by atoms with Gasteiger partial charge in [0, 0.05) is 12.3 Å². The Labute approximate surface area is 112 Å². The number of sulfonamides is 1. The van der Waals surface area contributed by atoms with Gasteiger partial charge in [0.05, 0.1) is 17.7 Å². The molecule has 2 aromatic rings. The summed E-state index contributed by atoms with van der Waals surface area (Å²) in [5.41, 5.74) is -0.225. The maximum atomic E-state index is 13.4. The lowest BCUT2D eigenvalue weighted by molar-refractivity contribution is -0.387. The van der Waals surface area contributed by atoms with Crippen LogP contribution in [0.25, 0.3) is 0 Å². The molecule has 0 fully saturated rings. The van der Waals surface area contributed by atoms with Gasteiger partial charge in [0.1, 0.15) is 4.90 Å². The summed E-state index contributed by atoms with van der Waals surface area (Å²) < 4.78 is 36.8. The average molecular weight is 300 g/mol. The number of nitro benzene ring substituents is 1. The first-order valence-electron chi connectivity index (χ1n) is 5.25. The van der Waals surface area contributed by atoms with Crippen molar-refractivity contribution < 1.29 is 17.7 Å². The van der Waals surface area contributed by atoms with Crippen LogP contribution in [0.1, 0.15) is 5.56 Å². The maximum Gasteiger partial charge on any atom is 0.304 e. The Kier molecular flexibility index (Phi) is 3.51. The molecule has 20 heavy (non-hydrogen) atoms. The van der Waals surface area contributed by atoms with Crippen molar-refractivity contribution in [2.75, 3.05) is 0 Å². The van der Waals surface area contributed by atoms with Gasteiger partial charge in [-0.25, -0.2) is 13.6 Å². The number of aromatic nitrogens is 2. The predicted molar refractivity (Wildman–Crippen MR) is 65.8 cm³/mol. The van der Waals surface area contributed by atoms with Crippen molar-refractivity contribution in [2.24, 2.45) is 5.14 Å². The minimum absolute atomic E-state index is 0.0600. The highest BCUT2D eigenvalue weighted by molar-refractivity contribution is 7.89. The number of halogens is 1. The van der Waals surface area contributed by atoms with Gasteiger partial charge >= 0.3 is 5.69 Å². The van der Waals surface area contributed by atoms with Crippen LogP contribution in [-0.2, 0) is 16.6 Å². The van der Waals surface area contributed by atoms with E-state index in [9.17, 15) is 22.9 Å². The van der Waals surface area contributed by atoms with Crippen molar-refractivity contribution in [3.05, 3.63) is 52.1 Å². The van der Waals surface area contributed by atoms with Crippen LogP contribution in [0.15, 0.2) is 35.5 Å². The Morgan fingerprint density at radius 1 is 1.45 bits per heavy atom. The van der Waals surface area contributed by atoms with E-state index in [1.165, 1.54) is 16.9 Å². The molecule has 2 N–H and O–H groups in total. The first-order valence-corrected chi connectivity index (χ1v) is 6.80. The van der Waals surface area contributed by atoms with Crippen LogP contribution < -0.4 is 5.14 Å². The lowest BCUT2D eigenvalue weighted by Gasteiger charge is -2.02. The van der Waals surface area contributed by atoms with Crippen LogP contribution in [0.5, 0.6) is 0 Å². The molecule has 0 saturated carbocycles. The van der Waals surface area contributed by atoms with Gasteiger partial charge in [0.25, 0.3) is 0 Å². The molecule has 1 aromatic heterocycles. The van der Waals surface area contributed by atoms with Crippen LogP contribution in [0.4, 0.5) is 10.1 Å². The monoisotopic (exact) mass is 300 g/mol. The van der Waals surface area contributed by atoms with E-state index in [4.69, 9.17) is 5.14 Å². The quantitative estimate of drug-likeness (QED) is 0.655. The van der Waals surface area contributed by atoms with E-state index < -0.39 is 26.5 Å². The van der Waals surface area contributed by atoms with Crippen molar-refractivity contribution in [2.45, 2.75) is 11.4 Å². The van der Waals surface area contributed by atoms with Crippen molar-refractivity contribution in [3.8, 4) is 0 Å². The predicted octanol–water partition coefficient (Wildman–Crippen LogP) is 0.626. The largest absolute Gasteiger partial charge is 0.304 e. The number of primary sulfonamides is 1. The molecule has 0 atom stereocenters. The number of nitrogens with two attached hydrogens (primary N) is 1. The first kappa shape index (κ1) is 14.1. The highest BCUT2D eigenvalue weighted by Gasteiger charge is 2.15. The minimum atomic E-state index is -3.85. The third kappa shape index (κ3) is 2.97. The van der Waals surface area contributed by atoms with Crippen LogP contribution in [0.2, 0.25) is 0 Å². The number of benzene rings is 1. The molecule has 0 amide bonds. The fourth-order valence-corrected chi connectivity index (χ4v) is 2.02. The molecule has 0 aliphatic rings. The van der Waals surface area contributed by atoms with E-state index in [2.05, 4.69) is 5.10 Å². The zero-order chi connectivity index (χ0) is 14.9. The molecule has 10 heteroatoms. The molecule has 1 aromatic carbocycles. The van der Waals surface area contributed by atoms with Crippen LogP contribution >= 0.6 is 0 Å². The van der Waals surface area contributed by atoms with Gasteiger partial charge in [-0.05, 0) is 11.6 Å². The molecule has 1 heterocycles. The molecule has 0 spiro atoms. The summed E-state index contributed by atoms with van der Waals surface area (Å²) >= 11 is 0. The standard InChI is InChI=1S/C10H9FN4O4S/c11-9-3-7(1-2-10(9)15(16)17)5-14-6-8(4-13-14)20(12,18)19/h1-4,6H,5H2,(H2,12,18,19). The lowest BCUT2D eigenvalue weighted by atomic mass is 10.2. The van der Waals surface area contributed by atoms with Gasteiger partial charge in [-0.15, -0.1) is 0 Å². The molecule has 0 saturated heterocycles. The zero-order valence-corrected chi connectivity index (χ0v) is 10.7. The lowest BCUT2D eigenvalue weighted by Crippen LogP contribution is -2.11. The Morgan fingerprint density at radius 3 is 2.65 bits per heavy atom. The van der Waals surface area contributed by atoms with E-state index in [0.29, 0.717) is 5.56 Å². The van der Waals surface area contributed by atoms with Crippen molar-refractivity contribution in [1.82, 2.24) is 9.78 Å². The summed E-state index contributed by atoms with van der Waals surface area (Å²) in [6.45, 7) is 0.0600. The second-order valence-electron chi connectivity index (χ2n) is 3.96. The third-order valence-electron chi connectivity index (χ3n) is 2.49. The molecule has 0 bridgehead atoms. The van der Waals surface area contributed by atoms with Crippen molar-refractivity contribution >= 4 is 15.7 Å². The second kappa shape index (κ2) is 4.98. The van der Waals surface area contributed by atoms with E-state index in [1.54, 1.807) is 0 Å². The summed E-state index contributed by atoms with van der Waals surface area (Å²) in [5, 5.41) is 19.2. The number of hydrogen-bond donors (Lipinski definition) is 1. The number of nitrogens with zero attached hydrogens (tertiary/aromatic N) is 3. The highest BCUT2D eigenvalue weighted by atomic mass is 32.2. The SMILES string of the molecule is NS(=O)(=O)c1cnn(Cc2ccc([N+](=O)[O-])c(F)c2)c1. The first-order chi connectivity index (χ1) is 9.27. The van der Waals surface area contributed by atoms with E-state index in [1.807, 2.05) is 0 Å². The topological polar surface area (TPSA) is 121 Å². The summed E-state index contributed by atoms with van der Waals surface area (Å²) in [7, 11) is -3.85. The summed E-state index contributed by atoms with van der Waals surface area (Å²) in [6.07, 6.45) is 2.26. The fourth-order valence-electron chi connectivity index (χ4n) is 1.56. The second-order valence-corrected chi connectivity index (χ2v) is 5.52. The number of nitro groups is 1. The Morgan fingerprint density at radius 2 is 2.15 bits per heavy atom. The number of rotatable bonds is 4. The van der Waals surface area contributed by atoms with Gasteiger partial charge in [0.2, 0.25) is 15.8 Å². The maximum absolute atomic E-state index is 13.4.